The van der Waals surface area contributed by atoms with Gasteiger partial charge in [0.15, 0.2) is 25.2 Å². The lowest BCUT2D eigenvalue weighted by atomic mass is 9.44. The molecule has 3 saturated carbocycles. The van der Waals surface area contributed by atoms with Crippen LogP contribution in [0.1, 0.15) is 92.9 Å². The summed E-state index contributed by atoms with van der Waals surface area (Å²) in [6, 6.07) is 0. The number of rotatable bonds is 12. The molecular weight excluding hydrogens is 884 g/mol. The largest absolute Gasteiger partial charge is 0.394 e. The van der Waals surface area contributed by atoms with Gasteiger partial charge in [0.05, 0.1) is 67.1 Å². The third-order valence-electron chi connectivity index (χ3n) is 17.7. The number of hydrogen-bond donors (Lipinski definition) is 10. The molecule has 67 heavy (non-hydrogen) atoms. The number of methoxy groups -OCH3 is 2. The van der Waals surface area contributed by atoms with Gasteiger partial charge in [-0.2, -0.15) is 0 Å². The first-order chi connectivity index (χ1) is 31.6. The summed E-state index contributed by atoms with van der Waals surface area (Å²) in [6.07, 6.45) is -16.3. The molecule has 0 aromatic carbocycles. The smallest absolute Gasteiger partial charge is 0.187 e. The number of allylic oxidation sites excluding steroid dienone is 1. The van der Waals surface area contributed by atoms with E-state index in [0.717, 1.165) is 5.57 Å². The van der Waals surface area contributed by atoms with Gasteiger partial charge in [0.1, 0.15) is 54.9 Å². The molecule has 0 aromatic heterocycles. The van der Waals surface area contributed by atoms with Crippen molar-refractivity contribution in [3.05, 3.63) is 11.6 Å². The lowest BCUT2D eigenvalue weighted by molar-refractivity contribution is -0.373. The maximum Gasteiger partial charge on any atom is 0.187 e. The number of aliphatic hydroxyl groups is 10. The van der Waals surface area contributed by atoms with E-state index in [4.69, 9.17) is 47.4 Å². The minimum Gasteiger partial charge on any atom is -0.394 e. The fraction of sp³-hybridized carbons (Fsp3) is 0.957. The van der Waals surface area contributed by atoms with Crippen LogP contribution in [0.2, 0.25) is 0 Å². The molecule has 7 fully saturated rings. The second-order valence-corrected chi connectivity index (χ2v) is 21.3. The van der Waals surface area contributed by atoms with Crippen molar-refractivity contribution in [2.75, 3.05) is 20.8 Å². The molecule has 20 nitrogen and oxygen atoms in total. The molecule has 28 atom stereocenters. The van der Waals surface area contributed by atoms with Crippen molar-refractivity contribution in [3.63, 3.8) is 0 Å². The van der Waals surface area contributed by atoms with Crippen molar-refractivity contribution in [1.82, 2.24) is 0 Å². The molecule has 8 rings (SSSR count). The molecular formula is C47H78O20. The molecule has 10 N–H and O–H groups in total. The van der Waals surface area contributed by atoms with E-state index < -0.39 is 152 Å². The zero-order valence-corrected chi connectivity index (χ0v) is 39.9. The Labute approximate surface area is 392 Å². The molecule has 0 spiro atoms. The van der Waals surface area contributed by atoms with Gasteiger partial charge in [-0.05, 0) is 83.5 Å². The van der Waals surface area contributed by atoms with Crippen molar-refractivity contribution < 1.29 is 98.4 Å². The lowest BCUT2D eigenvalue weighted by Gasteiger charge is -2.64. The van der Waals surface area contributed by atoms with E-state index in [0.29, 0.717) is 38.5 Å². The molecule has 4 aliphatic heterocycles. The van der Waals surface area contributed by atoms with Crippen LogP contribution in [0.15, 0.2) is 11.6 Å². The van der Waals surface area contributed by atoms with E-state index in [1.54, 1.807) is 27.7 Å². The lowest BCUT2D eigenvalue weighted by Crippen LogP contribution is -2.71. The van der Waals surface area contributed by atoms with E-state index >= 15 is 0 Å². The number of ether oxygens (including phenoxy) is 10. The summed E-state index contributed by atoms with van der Waals surface area (Å²) < 4.78 is 60.9. The Balaban J connectivity index is 0.841. The fourth-order valence-corrected chi connectivity index (χ4v) is 13.9. The molecule has 8 aliphatic rings. The average Bonchev–Trinajstić information content (AvgIpc) is 3.58. The van der Waals surface area contributed by atoms with Crippen LogP contribution < -0.4 is 0 Å². The molecule has 4 aliphatic carbocycles. The molecule has 0 amide bonds. The topological polar surface area (TPSA) is 295 Å². The highest BCUT2D eigenvalue weighted by Crippen LogP contribution is 2.68. The van der Waals surface area contributed by atoms with Crippen molar-refractivity contribution in [2.24, 2.45) is 28.6 Å². The molecule has 4 heterocycles. The third kappa shape index (κ3) is 9.01. The van der Waals surface area contributed by atoms with E-state index in [1.165, 1.54) is 14.2 Å². The van der Waals surface area contributed by atoms with Crippen molar-refractivity contribution in [2.45, 2.75) is 234 Å². The highest BCUT2D eigenvalue weighted by molar-refractivity contribution is 5.31. The summed E-state index contributed by atoms with van der Waals surface area (Å²) in [6.45, 7) is 10.2. The molecule has 0 unspecified atom stereocenters. The van der Waals surface area contributed by atoms with Crippen LogP contribution in [0.3, 0.4) is 0 Å². The minimum absolute atomic E-state index is 0.145. The zero-order chi connectivity index (χ0) is 48.7. The molecule has 386 valence electrons. The fourth-order valence-electron chi connectivity index (χ4n) is 13.9. The highest BCUT2D eigenvalue weighted by atomic mass is 16.8. The summed E-state index contributed by atoms with van der Waals surface area (Å²) in [5.74, 6) is -0.970. The Morgan fingerprint density at radius 2 is 1.34 bits per heavy atom. The second kappa shape index (κ2) is 20.1. The maximum atomic E-state index is 12.4. The zero-order valence-electron chi connectivity index (χ0n) is 39.9. The van der Waals surface area contributed by atoms with Gasteiger partial charge in [-0.3, -0.25) is 0 Å². The molecule has 20 heteroatoms. The van der Waals surface area contributed by atoms with Crippen LogP contribution in [-0.4, -0.2) is 213 Å². The first kappa shape index (κ1) is 52.3. The summed E-state index contributed by atoms with van der Waals surface area (Å²) in [5, 5.41) is 110. The number of hydrogen-bond acceptors (Lipinski definition) is 20. The summed E-state index contributed by atoms with van der Waals surface area (Å²) in [4.78, 5) is 0. The van der Waals surface area contributed by atoms with Gasteiger partial charge in [0, 0.05) is 38.4 Å². The highest BCUT2D eigenvalue weighted by Gasteiger charge is 2.73. The maximum absolute atomic E-state index is 12.4. The first-order valence-electron chi connectivity index (χ1n) is 24.4. The van der Waals surface area contributed by atoms with Crippen LogP contribution in [0, 0.1) is 28.6 Å². The van der Waals surface area contributed by atoms with Crippen LogP contribution in [-0.2, 0) is 47.4 Å². The summed E-state index contributed by atoms with van der Waals surface area (Å²) in [5.41, 5.74) is -1.62. The number of aliphatic hydroxyl groups excluding tert-OH is 9. The number of fused-ring (bicyclic) bond motifs is 5. The quantitative estimate of drug-likeness (QED) is 0.106. The first-order valence-corrected chi connectivity index (χ1v) is 24.4. The summed E-state index contributed by atoms with van der Waals surface area (Å²) >= 11 is 0. The molecule has 4 saturated heterocycles. The molecule has 0 aromatic rings. The van der Waals surface area contributed by atoms with Crippen LogP contribution in [0.4, 0.5) is 0 Å². The van der Waals surface area contributed by atoms with Gasteiger partial charge >= 0.3 is 0 Å². The summed E-state index contributed by atoms with van der Waals surface area (Å²) in [7, 11) is 2.87. The van der Waals surface area contributed by atoms with Gasteiger partial charge in [-0.25, -0.2) is 0 Å². The Morgan fingerprint density at radius 1 is 0.701 bits per heavy atom. The Kier molecular flexibility index (Phi) is 15.7. The van der Waals surface area contributed by atoms with Crippen molar-refractivity contribution >= 4 is 0 Å². The SMILES string of the molecule is CO[C@H]1[C@H](O)[C@@H](O[C@@H]2[C@@H](C)O[C@@H](O[C@H]3[C@H](O)C[C@H](O[C@@H]4CC[C@@]5(C)C(=CC[C@H]6[C@H]5[C@@H](O)[C@H](O)[C@@]5(C)[C@@H]([C@H](C)O)CC[C@@]65O)C4)O[C@@H]3C)C[C@H]2OC)O[C@@H](C)[C@@H]1O[C@H]1O[C@@H](CO)[C@H](O)[C@@H](O)[C@@H]1O. The van der Waals surface area contributed by atoms with E-state index in [1.807, 2.05) is 6.92 Å². The van der Waals surface area contributed by atoms with Gasteiger partial charge < -0.3 is 98.4 Å². The normalized spacial score (nSPS) is 55.2. The monoisotopic (exact) mass is 963 g/mol. The van der Waals surface area contributed by atoms with Gasteiger partial charge in [-0.1, -0.05) is 25.5 Å². The van der Waals surface area contributed by atoms with E-state index in [2.05, 4.69) is 13.0 Å². The molecule has 0 bridgehead atoms. The predicted molar refractivity (Wildman–Crippen MR) is 230 cm³/mol. The minimum atomic E-state index is -1.67. The Bertz CT molecular complexity index is 1690. The Morgan fingerprint density at radius 3 is 1.99 bits per heavy atom. The van der Waals surface area contributed by atoms with Gasteiger partial charge in [-0.15, -0.1) is 0 Å². The third-order valence-corrected chi connectivity index (χ3v) is 17.7. The average molecular weight is 963 g/mol. The standard InChI is InChI=1S/C47H78O20/c1-19(49)25-12-14-47(57)26-10-9-23-15-24(11-13-45(23,5)32(26)34(52)42(56)46(25,47)6)63-30-16-27(50)38(20(2)60-30)65-31-17-28(58-7)39(21(3)61-31)66-44-37(55)41(59-8)40(22(4)62-44)67-43-36(54)35(53)33(51)29(18-48)64-43/h9,19-22,24-44,48-57H,10-18H2,1-8H3/t19-,20+,21+,22-,24+,25+,26-,27+,28+,29-,30-,31-,32-,33-,34+,35+,36-,37-,38+,39+,40-,41-,42-,43+,44+,45-,46+,47+/m0/s1. The van der Waals surface area contributed by atoms with Crippen LogP contribution in [0.5, 0.6) is 0 Å². The van der Waals surface area contributed by atoms with Crippen molar-refractivity contribution in [3.8, 4) is 0 Å². The van der Waals surface area contributed by atoms with Gasteiger partial charge in [0.2, 0.25) is 0 Å². The van der Waals surface area contributed by atoms with Crippen LogP contribution >= 0.6 is 0 Å². The van der Waals surface area contributed by atoms with Gasteiger partial charge in [0.25, 0.3) is 0 Å². The predicted octanol–water partition coefficient (Wildman–Crippen LogP) is -0.890. The Hall–Kier alpha value is -1.06. The molecule has 0 radical (unpaired) electrons. The van der Waals surface area contributed by atoms with E-state index in [-0.39, 0.29) is 36.7 Å². The second-order valence-electron chi connectivity index (χ2n) is 21.3. The van der Waals surface area contributed by atoms with Crippen LogP contribution in [0.25, 0.3) is 0 Å². The van der Waals surface area contributed by atoms with E-state index in [9.17, 15) is 51.1 Å². The van der Waals surface area contributed by atoms with Crippen molar-refractivity contribution in [1.29, 1.82) is 0 Å².